The van der Waals surface area contributed by atoms with Gasteiger partial charge in [0.2, 0.25) is 5.91 Å². The fraction of sp³-hybridized carbons (Fsp3) is 0.364. The topological polar surface area (TPSA) is 88.4 Å². The molecule has 0 fully saturated rings. The summed E-state index contributed by atoms with van der Waals surface area (Å²) in [7, 11) is 0. The lowest BCUT2D eigenvalue weighted by Crippen LogP contribution is -2.27. The zero-order valence-corrected chi connectivity index (χ0v) is 9.64. The SMILES string of the molecule is CCn1cc(NC(=O)C(C)C(=O)O)ccc1=O. The van der Waals surface area contributed by atoms with Gasteiger partial charge in [-0.1, -0.05) is 0 Å². The van der Waals surface area contributed by atoms with Gasteiger partial charge in [-0.15, -0.1) is 0 Å². The van der Waals surface area contributed by atoms with E-state index in [0.717, 1.165) is 0 Å². The van der Waals surface area contributed by atoms with E-state index in [9.17, 15) is 14.4 Å². The van der Waals surface area contributed by atoms with Crippen LogP contribution in [-0.2, 0) is 16.1 Å². The summed E-state index contributed by atoms with van der Waals surface area (Å²) in [6.45, 7) is 3.58. The van der Waals surface area contributed by atoms with Crippen LogP contribution >= 0.6 is 0 Å². The van der Waals surface area contributed by atoms with Gasteiger partial charge in [-0.25, -0.2) is 0 Å². The third-order valence-electron chi connectivity index (χ3n) is 2.36. The highest BCUT2D eigenvalue weighted by atomic mass is 16.4. The Morgan fingerprint density at radius 3 is 2.65 bits per heavy atom. The molecule has 1 unspecified atom stereocenters. The van der Waals surface area contributed by atoms with Crippen LogP contribution in [0.3, 0.4) is 0 Å². The number of nitrogens with zero attached hydrogens (tertiary/aromatic N) is 1. The number of carbonyl (C=O) groups excluding carboxylic acids is 1. The maximum Gasteiger partial charge on any atom is 0.315 e. The molecule has 92 valence electrons. The average molecular weight is 238 g/mol. The van der Waals surface area contributed by atoms with Crippen molar-refractivity contribution < 1.29 is 14.7 Å². The third kappa shape index (κ3) is 3.17. The molecule has 1 rings (SSSR count). The van der Waals surface area contributed by atoms with Gasteiger partial charge in [0.25, 0.3) is 5.56 Å². The minimum absolute atomic E-state index is 0.170. The lowest BCUT2D eigenvalue weighted by molar-refractivity contribution is -0.144. The van der Waals surface area contributed by atoms with E-state index in [2.05, 4.69) is 5.32 Å². The fourth-order valence-corrected chi connectivity index (χ4v) is 1.22. The van der Waals surface area contributed by atoms with Crippen molar-refractivity contribution in [2.45, 2.75) is 20.4 Å². The van der Waals surface area contributed by atoms with Gasteiger partial charge in [-0.3, -0.25) is 14.4 Å². The van der Waals surface area contributed by atoms with E-state index in [1.54, 1.807) is 6.92 Å². The number of amides is 1. The normalized spacial score (nSPS) is 11.9. The Balaban J connectivity index is 2.86. The zero-order valence-electron chi connectivity index (χ0n) is 9.64. The maximum atomic E-state index is 11.5. The lowest BCUT2D eigenvalue weighted by atomic mass is 10.1. The van der Waals surface area contributed by atoms with Crippen molar-refractivity contribution in [1.29, 1.82) is 0 Å². The summed E-state index contributed by atoms with van der Waals surface area (Å²) in [5, 5.41) is 11.1. The summed E-state index contributed by atoms with van der Waals surface area (Å²) in [6.07, 6.45) is 1.48. The number of aryl methyl sites for hydroxylation is 1. The number of hydrogen-bond acceptors (Lipinski definition) is 3. The standard InChI is InChI=1S/C11H14N2O4/c1-3-13-6-8(4-5-9(13)14)12-10(15)7(2)11(16)17/h4-7H,3H2,1-2H3,(H,12,15)(H,16,17). The molecule has 1 amide bonds. The van der Waals surface area contributed by atoms with E-state index in [4.69, 9.17) is 5.11 Å². The van der Waals surface area contributed by atoms with Crippen molar-refractivity contribution >= 4 is 17.6 Å². The summed E-state index contributed by atoms with van der Waals surface area (Å²) in [5.74, 6) is -2.93. The highest BCUT2D eigenvalue weighted by Gasteiger charge is 2.20. The zero-order chi connectivity index (χ0) is 13.0. The summed E-state index contributed by atoms with van der Waals surface area (Å²) >= 11 is 0. The van der Waals surface area contributed by atoms with Gasteiger partial charge in [0.05, 0.1) is 5.69 Å². The third-order valence-corrected chi connectivity index (χ3v) is 2.36. The van der Waals surface area contributed by atoms with E-state index in [1.165, 1.54) is 29.8 Å². The number of pyridine rings is 1. The molecule has 0 aliphatic rings. The molecule has 0 spiro atoms. The lowest BCUT2D eigenvalue weighted by Gasteiger charge is -2.09. The van der Waals surface area contributed by atoms with Crippen molar-refractivity contribution in [2.75, 3.05) is 5.32 Å². The smallest absolute Gasteiger partial charge is 0.315 e. The Labute approximate surface area is 97.9 Å². The molecule has 6 nitrogen and oxygen atoms in total. The van der Waals surface area contributed by atoms with Crippen LogP contribution in [0.15, 0.2) is 23.1 Å². The van der Waals surface area contributed by atoms with Crippen molar-refractivity contribution in [1.82, 2.24) is 4.57 Å². The van der Waals surface area contributed by atoms with Gasteiger partial charge in [-0.05, 0) is 19.9 Å². The molecule has 0 aromatic carbocycles. The van der Waals surface area contributed by atoms with Gasteiger partial charge in [0.15, 0.2) is 0 Å². The number of carboxylic acid groups (broad SMARTS) is 1. The Morgan fingerprint density at radius 1 is 1.47 bits per heavy atom. The van der Waals surface area contributed by atoms with Crippen LogP contribution < -0.4 is 10.9 Å². The van der Waals surface area contributed by atoms with Crippen molar-refractivity contribution in [3.8, 4) is 0 Å². The van der Waals surface area contributed by atoms with E-state index >= 15 is 0 Å². The molecule has 0 saturated heterocycles. The minimum Gasteiger partial charge on any atom is -0.481 e. The number of rotatable bonds is 4. The second kappa shape index (κ2) is 5.29. The van der Waals surface area contributed by atoms with Crippen LogP contribution in [0.1, 0.15) is 13.8 Å². The van der Waals surface area contributed by atoms with E-state index in [1.807, 2.05) is 0 Å². The molecular formula is C11H14N2O4. The molecule has 2 N–H and O–H groups in total. The highest BCUT2D eigenvalue weighted by Crippen LogP contribution is 2.06. The molecule has 1 atom stereocenters. The maximum absolute atomic E-state index is 11.5. The van der Waals surface area contributed by atoms with Crippen LogP contribution in [-0.4, -0.2) is 21.6 Å². The summed E-state index contributed by atoms with van der Waals surface area (Å²) in [5.41, 5.74) is 0.237. The van der Waals surface area contributed by atoms with Gasteiger partial charge in [-0.2, -0.15) is 0 Å². The molecular weight excluding hydrogens is 224 g/mol. The Morgan fingerprint density at radius 2 is 2.12 bits per heavy atom. The predicted molar refractivity (Wildman–Crippen MR) is 61.8 cm³/mol. The number of aromatic nitrogens is 1. The summed E-state index contributed by atoms with van der Waals surface area (Å²) in [6, 6.07) is 2.77. The average Bonchev–Trinajstić information content (AvgIpc) is 2.30. The Kier molecular flexibility index (Phi) is 4.03. The highest BCUT2D eigenvalue weighted by molar-refractivity contribution is 6.03. The van der Waals surface area contributed by atoms with Crippen LogP contribution in [0.4, 0.5) is 5.69 Å². The van der Waals surface area contributed by atoms with Crippen LogP contribution in [0.5, 0.6) is 0 Å². The Bertz CT molecular complexity index is 492. The summed E-state index contributed by atoms with van der Waals surface area (Å²) < 4.78 is 1.42. The fourth-order valence-electron chi connectivity index (χ4n) is 1.22. The van der Waals surface area contributed by atoms with E-state index in [0.29, 0.717) is 12.2 Å². The first kappa shape index (κ1) is 13.0. The largest absolute Gasteiger partial charge is 0.481 e. The monoisotopic (exact) mass is 238 g/mol. The van der Waals surface area contributed by atoms with Crippen molar-refractivity contribution in [3.05, 3.63) is 28.7 Å². The number of nitrogens with one attached hydrogen (secondary N) is 1. The van der Waals surface area contributed by atoms with Crippen molar-refractivity contribution in [3.63, 3.8) is 0 Å². The first-order chi connectivity index (χ1) is 7.95. The van der Waals surface area contributed by atoms with Crippen LogP contribution in [0.2, 0.25) is 0 Å². The van der Waals surface area contributed by atoms with Crippen molar-refractivity contribution in [2.24, 2.45) is 5.92 Å². The number of aliphatic carboxylic acids is 1. The molecule has 17 heavy (non-hydrogen) atoms. The van der Waals surface area contributed by atoms with Gasteiger partial charge in [0, 0.05) is 18.8 Å². The Hall–Kier alpha value is -2.11. The second-order valence-electron chi connectivity index (χ2n) is 3.59. The number of carbonyl (C=O) groups is 2. The van der Waals surface area contributed by atoms with Gasteiger partial charge >= 0.3 is 5.97 Å². The number of hydrogen-bond donors (Lipinski definition) is 2. The molecule has 0 radical (unpaired) electrons. The molecule has 1 heterocycles. The molecule has 0 aliphatic carbocycles. The quantitative estimate of drug-likeness (QED) is 0.749. The number of carboxylic acids is 1. The van der Waals surface area contributed by atoms with E-state index < -0.39 is 17.8 Å². The first-order valence-electron chi connectivity index (χ1n) is 5.20. The molecule has 0 bridgehead atoms. The molecule has 0 aliphatic heterocycles. The van der Waals surface area contributed by atoms with E-state index in [-0.39, 0.29) is 5.56 Å². The predicted octanol–water partition coefficient (Wildman–Crippen LogP) is 0.527. The van der Waals surface area contributed by atoms with Gasteiger partial charge in [0.1, 0.15) is 5.92 Å². The molecule has 1 aromatic rings. The number of anilines is 1. The minimum atomic E-state index is -1.19. The second-order valence-corrected chi connectivity index (χ2v) is 3.59. The molecule has 6 heteroatoms. The first-order valence-corrected chi connectivity index (χ1v) is 5.20. The van der Waals surface area contributed by atoms with Crippen LogP contribution in [0, 0.1) is 5.92 Å². The summed E-state index contributed by atoms with van der Waals surface area (Å²) in [4.78, 5) is 33.3. The molecule has 1 aromatic heterocycles. The molecule has 0 saturated carbocycles. The van der Waals surface area contributed by atoms with Gasteiger partial charge < -0.3 is 15.0 Å². The van der Waals surface area contributed by atoms with Crippen LogP contribution in [0.25, 0.3) is 0 Å².